The first-order valence-corrected chi connectivity index (χ1v) is 8.76. The van der Waals surface area contributed by atoms with E-state index in [4.69, 9.17) is 9.47 Å². The van der Waals surface area contributed by atoms with E-state index in [9.17, 15) is 4.79 Å². The maximum absolute atomic E-state index is 12.2. The zero-order chi connectivity index (χ0) is 19.1. The Hall–Kier alpha value is -3.35. The fourth-order valence-corrected chi connectivity index (χ4v) is 2.61. The molecule has 1 atom stereocenters. The smallest absolute Gasteiger partial charge is 0.258 e. The van der Waals surface area contributed by atoms with Gasteiger partial charge in [0.05, 0.1) is 18.3 Å². The summed E-state index contributed by atoms with van der Waals surface area (Å²) in [5, 5.41) is 7.02. The first kappa shape index (κ1) is 18.4. The average Bonchev–Trinajstić information content (AvgIpc) is 3.22. The molecule has 1 N–H and O–H groups in total. The van der Waals surface area contributed by atoms with Gasteiger partial charge in [-0.25, -0.2) is 9.67 Å². The number of hydrogen-bond acceptors (Lipinski definition) is 5. The second-order valence-corrected chi connectivity index (χ2v) is 5.89. The Morgan fingerprint density at radius 2 is 1.81 bits per heavy atom. The fourth-order valence-electron chi connectivity index (χ4n) is 2.61. The third-order valence-corrected chi connectivity index (χ3v) is 3.96. The van der Waals surface area contributed by atoms with Crippen LogP contribution in [0.3, 0.4) is 0 Å². The van der Waals surface area contributed by atoms with Crippen molar-refractivity contribution in [2.24, 2.45) is 0 Å². The molecule has 1 heterocycles. The summed E-state index contributed by atoms with van der Waals surface area (Å²) in [5.41, 5.74) is 1.90. The molecule has 0 aliphatic heterocycles. The third-order valence-electron chi connectivity index (χ3n) is 3.96. The van der Waals surface area contributed by atoms with Crippen molar-refractivity contribution in [1.82, 2.24) is 20.1 Å². The number of benzene rings is 2. The molecule has 0 saturated heterocycles. The molecule has 0 fully saturated rings. The van der Waals surface area contributed by atoms with Crippen molar-refractivity contribution in [3.63, 3.8) is 0 Å². The fraction of sp³-hybridized carbons (Fsp3) is 0.250. The van der Waals surface area contributed by atoms with Crippen LogP contribution in [0.4, 0.5) is 0 Å². The molecule has 1 aromatic heterocycles. The van der Waals surface area contributed by atoms with Gasteiger partial charge in [-0.05, 0) is 43.7 Å². The van der Waals surface area contributed by atoms with E-state index in [1.165, 1.54) is 6.33 Å². The minimum Gasteiger partial charge on any atom is -0.490 e. The molecule has 0 unspecified atom stereocenters. The number of ether oxygens (including phenoxy) is 2. The number of carbonyl (C=O) groups excluding carboxylic acids is 1. The maximum Gasteiger partial charge on any atom is 0.258 e. The van der Waals surface area contributed by atoms with Gasteiger partial charge < -0.3 is 14.8 Å². The van der Waals surface area contributed by atoms with Gasteiger partial charge in [-0.1, -0.05) is 24.3 Å². The molecule has 2 aromatic carbocycles. The molecule has 140 valence electrons. The number of nitrogens with one attached hydrogen (secondary N) is 1. The van der Waals surface area contributed by atoms with E-state index < -0.39 is 0 Å². The molecule has 0 saturated carbocycles. The summed E-state index contributed by atoms with van der Waals surface area (Å²) in [6, 6.07) is 14.9. The predicted molar refractivity (Wildman–Crippen MR) is 101 cm³/mol. The van der Waals surface area contributed by atoms with E-state index in [-0.39, 0.29) is 18.6 Å². The summed E-state index contributed by atoms with van der Waals surface area (Å²) in [4.78, 5) is 16.2. The van der Waals surface area contributed by atoms with Gasteiger partial charge >= 0.3 is 0 Å². The van der Waals surface area contributed by atoms with Gasteiger partial charge in [-0.2, -0.15) is 5.10 Å². The number of para-hydroxylation sites is 2. The third kappa shape index (κ3) is 4.84. The second kappa shape index (κ2) is 8.84. The Morgan fingerprint density at radius 3 is 2.44 bits per heavy atom. The van der Waals surface area contributed by atoms with E-state index in [1.807, 2.05) is 56.3 Å². The lowest BCUT2D eigenvalue weighted by atomic mass is 10.1. The van der Waals surface area contributed by atoms with Crippen molar-refractivity contribution in [1.29, 1.82) is 0 Å². The van der Waals surface area contributed by atoms with Gasteiger partial charge in [0.15, 0.2) is 18.1 Å². The molecule has 7 nitrogen and oxygen atoms in total. The molecule has 3 aromatic rings. The van der Waals surface area contributed by atoms with Gasteiger partial charge in [0.1, 0.15) is 12.7 Å². The molecule has 0 aliphatic rings. The average molecular weight is 366 g/mol. The highest BCUT2D eigenvalue weighted by molar-refractivity contribution is 5.78. The van der Waals surface area contributed by atoms with Crippen LogP contribution in [-0.4, -0.2) is 33.9 Å². The first-order valence-electron chi connectivity index (χ1n) is 8.76. The van der Waals surface area contributed by atoms with Crippen molar-refractivity contribution < 1.29 is 14.3 Å². The number of amides is 1. The van der Waals surface area contributed by atoms with Crippen LogP contribution in [0.2, 0.25) is 0 Å². The quantitative estimate of drug-likeness (QED) is 0.663. The number of nitrogens with zero attached hydrogens (tertiary/aromatic N) is 3. The summed E-state index contributed by atoms with van der Waals surface area (Å²) in [6.45, 7) is 4.29. The van der Waals surface area contributed by atoms with E-state index in [0.29, 0.717) is 18.1 Å². The largest absolute Gasteiger partial charge is 0.490 e. The molecule has 3 rings (SSSR count). The highest BCUT2D eigenvalue weighted by Crippen LogP contribution is 2.26. The lowest BCUT2D eigenvalue weighted by molar-refractivity contribution is -0.123. The van der Waals surface area contributed by atoms with Gasteiger partial charge in [-0.3, -0.25) is 4.79 Å². The lowest BCUT2D eigenvalue weighted by Crippen LogP contribution is -2.31. The van der Waals surface area contributed by atoms with E-state index in [0.717, 1.165) is 11.3 Å². The van der Waals surface area contributed by atoms with Crippen LogP contribution in [0.15, 0.2) is 61.2 Å². The summed E-state index contributed by atoms with van der Waals surface area (Å²) in [6.07, 6.45) is 3.12. The zero-order valence-corrected chi connectivity index (χ0v) is 15.3. The van der Waals surface area contributed by atoms with Crippen LogP contribution >= 0.6 is 0 Å². The zero-order valence-electron chi connectivity index (χ0n) is 15.3. The normalized spacial score (nSPS) is 11.6. The molecule has 0 spiro atoms. The van der Waals surface area contributed by atoms with Crippen LogP contribution in [0, 0.1) is 0 Å². The molecule has 1 amide bonds. The highest BCUT2D eigenvalue weighted by atomic mass is 16.5. The van der Waals surface area contributed by atoms with Crippen molar-refractivity contribution >= 4 is 5.91 Å². The summed E-state index contributed by atoms with van der Waals surface area (Å²) in [7, 11) is 0. The summed E-state index contributed by atoms with van der Waals surface area (Å²) >= 11 is 0. The minimum atomic E-state index is -0.200. The molecule has 27 heavy (non-hydrogen) atoms. The Morgan fingerprint density at radius 1 is 1.11 bits per heavy atom. The first-order chi connectivity index (χ1) is 13.2. The highest BCUT2D eigenvalue weighted by Gasteiger charge is 2.12. The monoisotopic (exact) mass is 366 g/mol. The predicted octanol–water partition coefficient (Wildman–Crippen LogP) is 2.92. The van der Waals surface area contributed by atoms with E-state index in [2.05, 4.69) is 15.4 Å². The number of carbonyl (C=O) groups is 1. The summed E-state index contributed by atoms with van der Waals surface area (Å²) in [5.74, 6) is 0.984. The van der Waals surface area contributed by atoms with Gasteiger partial charge in [-0.15, -0.1) is 0 Å². The summed E-state index contributed by atoms with van der Waals surface area (Å²) < 4.78 is 12.8. The van der Waals surface area contributed by atoms with Gasteiger partial charge in [0.25, 0.3) is 5.91 Å². The SMILES string of the molecule is CCOc1ccccc1OCC(=O)N[C@H](C)c1ccc(-n2cncn2)cc1. The topological polar surface area (TPSA) is 78.3 Å². The van der Waals surface area contributed by atoms with Crippen molar-refractivity contribution in [3.05, 3.63) is 66.7 Å². The maximum atomic E-state index is 12.2. The standard InChI is InChI=1S/C20H22N4O3/c1-3-26-18-6-4-5-7-19(18)27-12-20(25)23-15(2)16-8-10-17(11-9-16)24-14-21-13-22-24/h4-11,13-15H,3,12H2,1-2H3,(H,23,25)/t15-/m1/s1. The van der Waals surface area contributed by atoms with Crippen LogP contribution in [-0.2, 0) is 4.79 Å². The van der Waals surface area contributed by atoms with Crippen molar-refractivity contribution in [2.75, 3.05) is 13.2 Å². The van der Waals surface area contributed by atoms with Gasteiger partial charge in [0, 0.05) is 0 Å². The van der Waals surface area contributed by atoms with Crippen molar-refractivity contribution in [3.8, 4) is 17.2 Å². The van der Waals surface area contributed by atoms with E-state index >= 15 is 0 Å². The van der Waals surface area contributed by atoms with Crippen LogP contribution in [0.1, 0.15) is 25.5 Å². The molecule has 0 bridgehead atoms. The second-order valence-electron chi connectivity index (χ2n) is 5.89. The van der Waals surface area contributed by atoms with Crippen molar-refractivity contribution in [2.45, 2.75) is 19.9 Å². The molecular formula is C20H22N4O3. The van der Waals surface area contributed by atoms with Crippen LogP contribution in [0.5, 0.6) is 11.5 Å². The molecule has 0 radical (unpaired) electrons. The van der Waals surface area contributed by atoms with E-state index in [1.54, 1.807) is 17.1 Å². The minimum absolute atomic E-state index is 0.0779. The molecule has 0 aliphatic carbocycles. The van der Waals surface area contributed by atoms with Crippen LogP contribution in [0.25, 0.3) is 5.69 Å². The lowest BCUT2D eigenvalue weighted by Gasteiger charge is -2.16. The number of rotatable bonds is 8. The number of hydrogen-bond donors (Lipinski definition) is 1. The Balaban J connectivity index is 1.55. The molecule has 7 heteroatoms. The number of aromatic nitrogens is 3. The van der Waals surface area contributed by atoms with Gasteiger partial charge in [0.2, 0.25) is 0 Å². The Kier molecular flexibility index (Phi) is 6.04. The Bertz CT molecular complexity index is 863. The molecular weight excluding hydrogens is 344 g/mol. The van der Waals surface area contributed by atoms with Crippen LogP contribution < -0.4 is 14.8 Å². The Labute approximate surface area is 158 Å².